The van der Waals surface area contributed by atoms with E-state index in [1.807, 2.05) is 25.1 Å². The third-order valence-electron chi connectivity index (χ3n) is 3.40. The maximum Gasteiger partial charge on any atom is 0.338 e. The molecule has 0 heterocycles. The minimum absolute atomic E-state index is 0.0669. The lowest BCUT2D eigenvalue weighted by molar-refractivity contribution is -0.119. The van der Waals surface area contributed by atoms with Crippen molar-refractivity contribution in [2.75, 3.05) is 30.9 Å². The summed E-state index contributed by atoms with van der Waals surface area (Å²) in [6.45, 7) is -0.470. The molecule has 3 N–H and O–H groups in total. The van der Waals surface area contributed by atoms with E-state index in [1.54, 1.807) is 18.2 Å². The number of rotatable bonds is 6. The van der Waals surface area contributed by atoms with Crippen molar-refractivity contribution in [3.63, 3.8) is 0 Å². The quantitative estimate of drug-likeness (QED) is 0.730. The van der Waals surface area contributed by atoms with E-state index in [-0.39, 0.29) is 4.90 Å². The molecule has 0 aliphatic carbocycles. The van der Waals surface area contributed by atoms with Crippen LogP contribution in [0.3, 0.4) is 0 Å². The molecule has 0 radical (unpaired) electrons. The van der Waals surface area contributed by atoms with Crippen molar-refractivity contribution in [1.82, 2.24) is 0 Å². The number of nitrogens with two attached hydrogens (primary N) is 1. The Kier molecular flexibility index (Phi) is 5.96. The maximum atomic E-state index is 12.0. The highest BCUT2D eigenvalue weighted by Gasteiger charge is 2.12. The van der Waals surface area contributed by atoms with Gasteiger partial charge in [0, 0.05) is 25.5 Å². The number of benzene rings is 2. The monoisotopic (exact) mass is 377 g/mol. The second-order valence-corrected chi connectivity index (χ2v) is 7.20. The number of carbonyl (C=O) groups is 2. The lowest BCUT2D eigenvalue weighted by Gasteiger charge is -2.13. The zero-order chi connectivity index (χ0) is 19.3. The van der Waals surface area contributed by atoms with Gasteiger partial charge in [-0.15, -0.1) is 0 Å². The highest BCUT2D eigenvalue weighted by Crippen LogP contribution is 2.15. The molecule has 0 saturated carbocycles. The molecule has 0 unspecified atom stereocenters. The molecule has 0 aromatic heterocycles. The van der Waals surface area contributed by atoms with E-state index in [4.69, 9.17) is 9.88 Å². The summed E-state index contributed by atoms with van der Waals surface area (Å²) >= 11 is 0. The van der Waals surface area contributed by atoms with Gasteiger partial charge in [0.15, 0.2) is 6.61 Å². The Labute approximate surface area is 151 Å². The zero-order valence-electron chi connectivity index (χ0n) is 14.3. The van der Waals surface area contributed by atoms with Crippen LogP contribution in [0.2, 0.25) is 0 Å². The Morgan fingerprint density at radius 2 is 1.77 bits per heavy atom. The van der Waals surface area contributed by atoms with Gasteiger partial charge in [0.25, 0.3) is 5.91 Å². The van der Waals surface area contributed by atoms with Crippen LogP contribution in [0, 0.1) is 0 Å². The van der Waals surface area contributed by atoms with E-state index < -0.39 is 28.5 Å². The van der Waals surface area contributed by atoms with E-state index in [2.05, 4.69) is 5.32 Å². The van der Waals surface area contributed by atoms with Crippen LogP contribution in [0.25, 0.3) is 0 Å². The maximum absolute atomic E-state index is 12.0. The van der Waals surface area contributed by atoms with E-state index in [0.717, 1.165) is 5.69 Å². The summed E-state index contributed by atoms with van der Waals surface area (Å²) in [7, 11) is -0.103. The Balaban J connectivity index is 1.92. The highest BCUT2D eigenvalue weighted by atomic mass is 32.2. The van der Waals surface area contributed by atoms with Gasteiger partial charge in [0.1, 0.15) is 0 Å². The standard InChI is InChI=1S/C17H19N3O5S/c1-20(2)14-5-3-4-12(10-14)17(22)25-11-16(21)19-13-6-8-15(9-7-13)26(18,23)24/h3-10H,11H2,1-2H3,(H,19,21)(H2,18,23,24). The fourth-order valence-electron chi connectivity index (χ4n) is 2.05. The van der Waals surface area contributed by atoms with Crippen molar-refractivity contribution >= 4 is 33.3 Å². The van der Waals surface area contributed by atoms with Crippen LogP contribution in [0.15, 0.2) is 53.4 Å². The van der Waals surface area contributed by atoms with E-state index in [0.29, 0.717) is 11.3 Å². The van der Waals surface area contributed by atoms with Crippen LogP contribution in [-0.4, -0.2) is 41.0 Å². The number of carbonyl (C=O) groups excluding carboxylic acids is 2. The molecular weight excluding hydrogens is 358 g/mol. The summed E-state index contributed by atoms with van der Waals surface area (Å²) < 4.78 is 27.3. The molecule has 9 heteroatoms. The first-order valence-electron chi connectivity index (χ1n) is 7.54. The van der Waals surface area contributed by atoms with Gasteiger partial charge in [-0.1, -0.05) is 6.07 Å². The van der Waals surface area contributed by atoms with Gasteiger partial charge in [-0.3, -0.25) is 4.79 Å². The summed E-state index contributed by atoms with van der Waals surface area (Å²) in [6, 6.07) is 12.1. The first-order chi connectivity index (χ1) is 12.2. The summed E-state index contributed by atoms with van der Waals surface area (Å²) in [5, 5.41) is 7.49. The molecule has 1 amide bonds. The molecule has 0 aliphatic heterocycles. The Morgan fingerprint density at radius 1 is 1.12 bits per heavy atom. The lowest BCUT2D eigenvalue weighted by Crippen LogP contribution is -2.21. The Hall–Kier alpha value is -2.91. The van der Waals surface area contributed by atoms with Crippen molar-refractivity contribution in [1.29, 1.82) is 0 Å². The average molecular weight is 377 g/mol. The van der Waals surface area contributed by atoms with Gasteiger partial charge in [-0.05, 0) is 42.5 Å². The number of esters is 1. The molecule has 26 heavy (non-hydrogen) atoms. The number of ether oxygens (including phenoxy) is 1. The zero-order valence-corrected chi connectivity index (χ0v) is 15.1. The molecule has 2 aromatic carbocycles. The minimum Gasteiger partial charge on any atom is -0.452 e. The van der Waals surface area contributed by atoms with Crippen molar-refractivity contribution in [2.45, 2.75) is 4.90 Å². The van der Waals surface area contributed by atoms with Crippen LogP contribution in [0.5, 0.6) is 0 Å². The predicted octanol–water partition coefficient (Wildman–Crippen LogP) is 1.20. The summed E-state index contributed by atoms with van der Waals surface area (Å²) in [5.74, 6) is -1.17. The van der Waals surface area contributed by atoms with Crippen molar-refractivity contribution in [3.8, 4) is 0 Å². The van der Waals surface area contributed by atoms with E-state index in [1.165, 1.54) is 24.3 Å². The van der Waals surface area contributed by atoms with Gasteiger partial charge in [0.2, 0.25) is 10.0 Å². The molecule has 0 bridgehead atoms. The average Bonchev–Trinajstić information content (AvgIpc) is 2.59. The first kappa shape index (κ1) is 19.4. The van der Waals surface area contributed by atoms with Crippen LogP contribution >= 0.6 is 0 Å². The largest absolute Gasteiger partial charge is 0.452 e. The summed E-state index contributed by atoms with van der Waals surface area (Å²) in [5.41, 5.74) is 1.52. The predicted molar refractivity (Wildman–Crippen MR) is 97.5 cm³/mol. The molecule has 0 aliphatic rings. The fraction of sp³-hybridized carbons (Fsp3) is 0.176. The van der Waals surface area contributed by atoms with Crippen LogP contribution in [0.1, 0.15) is 10.4 Å². The number of primary sulfonamides is 1. The SMILES string of the molecule is CN(C)c1cccc(C(=O)OCC(=O)Nc2ccc(S(N)(=O)=O)cc2)c1. The molecule has 0 saturated heterocycles. The van der Waals surface area contributed by atoms with E-state index in [9.17, 15) is 18.0 Å². The summed E-state index contributed by atoms with van der Waals surface area (Å²) in [4.78, 5) is 25.7. The molecule has 0 spiro atoms. The normalized spacial score (nSPS) is 10.9. The molecular formula is C17H19N3O5S. The smallest absolute Gasteiger partial charge is 0.338 e. The van der Waals surface area contributed by atoms with Crippen molar-refractivity contribution in [3.05, 3.63) is 54.1 Å². The van der Waals surface area contributed by atoms with Gasteiger partial charge >= 0.3 is 5.97 Å². The number of anilines is 2. The third kappa shape index (κ3) is 5.30. The topological polar surface area (TPSA) is 119 Å². The molecule has 0 atom stereocenters. The molecule has 0 fully saturated rings. The van der Waals surface area contributed by atoms with Gasteiger partial charge < -0.3 is 15.0 Å². The second kappa shape index (κ2) is 7.98. The number of hydrogen-bond donors (Lipinski definition) is 2. The van der Waals surface area contributed by atoms with E-state index >= 15 is 0 Å². The van der Waals surface area contributed by atoms with Crippen LogP contribution < -0.4 is 15.4 Å². The number of amides is 1. The van der Waals surface area contributed by atoms with Crippen molar-refractivity contribution < 1.29 is 22.7 Å². The fourth-order valence-corrected chi connectivity index (χ4v) is 2.57. The lowest BCUT2D eigenvalue weighted by atomic mass is 10.2. The summed E-state index contributed by atoms with van der Waals surface area (Å²) in [6.07, 6.45) is 0. The first-order valence-corrected chi connectivity index (χ1v) is 9.08. The van der Waals surface area contributed by atoms with Gasteiger partial charge in [0.05, 0.1) is 10.5 Å². The van der Waals surface area contributed by atoms with Crippen LogP contribution in [-0.2, 0) is 19.6 Å². The van der Waals surface area contributed by atoms with Gasteiger partial charge in [-0.2, -0.15) is 0 Å². The highest BCUT2D eigenvalue weighted by molar-refractivity contribution is 7.89. The number of sulfonamides is 1. The Bertz CT molecular complexity index is 908. The molecule has 2 rings (SSSR count). The van der Waals surface area contributed by atoms with Crippen LogP contribution in [0.4, 0.5) is 11.4 Å². The Morgan fingerprint density at radius 3 is 2.35 bits per heavy atom. The van der Waals surface area contributed by atoms with Crippen molar-refractivity contribution in [2.24, 2.45) is 5.14 Å². The second-order valence-electron chi connectivity index (χ2n) is 5.64. The molecule has 8 nitrogen and oxygen atoms in total. The van der Waals surface area contributed by atoms with Gasteiger partial charge in [-0.25, -0.2) is 18.4 Å². The number of nitrogens with zero attached hydrogens (tertiary/aromatic N) is 1. The third-order valence-corrected chi connectivity index (χ3v) is 4.33. The minimum atomic E-state index is -3.80. The number of hydrogen-bond acceptors (Lipinski definition) is 6. The number of nitrogens with one attached hydrogen (secondary N) is 1. The molecule has 138 valence electrons. The molecule has 2 aromatic rings.